The molecule has 106 valence electrons. The summed E-state index contributed by atoms with van der Waals surface area (Å²) in [5.41, 5.74) is 1.53. The van der Waals surface area contributed by atoms with E-state index in [0.717, 1.165) is 24.1 Å². The van der Waals surface area contributed by atoms with E-state index < -0.39 is 0 Å². The molecule has 20 heavy (non-hydrogen) atoms. The summed E-state index contributed by atoms with van der Waals surface area (Å²) in [6, 6.07) is 10.0. The first-order valence-electron chi connectivity index (χ1n) is 6.93. The van der Waals surface area contributed by atoms with Crippen molar-refractivity contribution in [1.82, 2.24) is 4.90 Å². The van der Waals surface area contributed by atoms with E-state index in [2.05, 4.69) is 6.07 Å². The highest BCUT2D eigenvalue weighted by molar-refractivity contribution is 5.94. The molecule has 4 nitrogen and oxygen atoms in total. The molecule has 0 bridgehead atoms. The third-order valence-electron chi connectivity index (χ3n) is 4.05. The van der Waals surface area contributed by atoms with Crippen molar-refractivity contribution in [3.8, 4) is 6.07 Å². The van der Waals surface area contributed by atoms with Gasteiger partial charge in [0.15, 0.2) is 0 Å². The zero-order valence-electron chi connectivity index (χ0n) is 12.4. The molecule has 4 heteroatoms. The van der Waals surface area contributed by atoms with Gasteiger partial charge in [-0.25, -0.2) is 0 Å². The molecule has 1 fully saturated rings. The molecule has 0 atom stereocenters. The van der Waals surface area contributed by atoms with Gasteiger partial charge >= 0.3 is 0 Å². The molecule has 0 saturated carbocycles. The van der Waals surface area contributed by atoms with Crippen LogP contribution < -0.4 is 4.90 Å². The fraction of sp³-hybridized carbons (Fsp3) is 0.500. The lowest BCUT2D eigenvalue weighted by Crippen LogP contribution is -2.41. The van der Waals surface area contributed by atoms with E-state index >= 15 is 0 Å². The highest BCUT2D eigenvalue weighted by atomic mass is 16.2. The Balaban J connectivity index is 2.04. The summed E-state index contributed by atoms with van der Waals surface area (Å²) in [6.07, 6.45) is 1.51. The zero-order valence-corrected chi connectivity index (χ0v) is 12.4. The summed E-state index contributed by atoms with van der Waals surface area (Å²) in [7, 11) is 3.95. The molecule has 1 aliphatic heterocycles. The van der Waals surface area contributed by atoms with Crippen LogP contribution in [0.5, 0.6) is 0 Å². The van der Waals surface area contributed by atoms with Gasteiger partial charge < -0.3 is 9.80 Å². The molecule has 0 N–H and O–H groups in total. The molecule has 1 amide bonds. The molecular weight excluding hydrogens is 250 g/mol. The Morgan fingerprint density at radius 1 is 1.25 bits per heavy atom. The maximum Gasteiger partial charge on any atom is 0.253 e. The molecular formula is C16H21N3O. The SMILES string of the molecule is CN(C)c1ccc(C(=O)N2CCC(C)(C#N)CC2)cc1. The summed E-state index contributed by atoms with van der Waals surface area (Å²) in [5.74, 6) is 0.0651. The van der Waals surface area contributed by atoms with E-state index in [-0.39, 0.29) is 11.3 Å². The first-order chi connectivity index (χ1) is 9.45. The minimum absolute atomic E-state index is 0.0651. The Kier molecular flexibility index (Phi) is 3.99. The normalized spacial score (nSPS) is 17.4. The average molecular weight is 271 g/mol. The van der Waals surface area contributed by atoms with Gasteiger partial charge in [0.1, 0.15) is 0 Å². The van der Waals surface area contributed by atoms with E-state index in [1.165, 1.54) is 0 Å². The van der Waals surface area contributed by atoms with Gasteiger partial charge in [-0.3, -0.25) is 4.79 Å². The van der Waals surface area contributed by atoms with E-state index in [1.807, 2.05) is 55.1 Å². The average Bonchev–Trinajstić information content (AvgIpc) is 2.47. The number of carbonyl (C=O) groups is 1. The predicted molar refractivity (Wildman–Crippen MR) is 79.6 cm³/mol. The van der Waals surface area contributed by atoms with Crippen LogP contribution in [0.15, 0.2) is 24.3 Å². The quantitative estimate of drug-likeness (QED) is 0.830. The van der Waals surface area contributed by atoms with Gasteiger partial charge in [0.05, 0.1) is 11.5 Å². The van der Waals surface area contributed by atoms with Crippen LogP contribution in [0.4, 0.5) is 5.69 Å². The van der Waals surface area contributed by atoms with Gasteiger partial charge in [-0.15, -0.1) is 0 Å². The fourth-order valence-corrected chi connectivity index (χ4v) is 2.40. The van der Waals surface area contributed by atoms with Crippen molar-refractivity contribution in [2.24, 2.45) is 5.41 Å². The number of anilines is 1. The van der Waals surface area contributed by atoms with Crippen LogP contribution >= 0.6 is 0 Å². The number of amides is 1. The maximum absolute atomic E-state index is 12.4. The first-order valence-corrected chi connectivity index (χ1v) is 6.93. The molecule has 1 aromatic rings. The van der Waals surface area contributed by atoms with E-state index in [1.54, 1.807) is 0 Å². The second kappa shape index (κ2) is 5.54. The van der Waals surface area contributed by atoms with Crippen LogP contribution in [0.25, 0.3) is 0 Å². The molecule has 1 heterocycles. The van der Waals surface area contributed by atoms with Gasteiger partial charge in [-0.05, 0) is 44.0 Å². The number of hydrogen-bond donors (Lipinski definition) is 0. The Hall–Kier alpha value is -2.02. The molecule has 0 aromatic heterocycles. The summed E-state index contributed by atoms with van der Waals surface area (Å²) < 4.78 is 0. The number of rotatable bonds is 2. The van der Waals surface area contributed by atoms with Crippen molar-refractivity contribution in [3.63, 3.8) is 0 Å². The van der Waals surface area contributed by atoms with Crippen molar-refractivity contribution in [3.05, 3.63) is 29.8 Å². The highest BCUT2D eigenvalue weighted by Crippen LogP contribution is 2.30. The second-order valence-electron chi connectivity index (χ2n) is 5.91. The molecule has 0 unspecified atom stereocenters. The summed E-state index contributed by atoms with van der Waals surface area (Å²) in [6.45, 7) is 3.30. The minimum Gasteiger partial charge on any atom is -0.378 e. The number of hydrogen-bond acceptors (Lipinski definition) is 3. The lowest BCUT2D eigenvalue weighted by atomic mass is 9.82. The van der Waals surface area contributed by atoms with Gasteiger partial charge in [-0.2, -0.15) is 5.26 Å². The standard InChI is InChI=1S/C16H21N3O/c1-16(12-17)8-10-19(11-9-16)15(20)13-4-6-14(7-5-13)18(2)3/h4-7H,8-11H2,1-3H3. The lowest BCUT2D eigenvalue weighted by molar-refractivity contribution is 0.0661. The van der Waals surface area contributed by atoms with Crippen LogP contribution in [0.1, 0.15) is 30.1 Å². The number of benzene rings is 1. The Bertz CT molecular complexity index is 520. The van der Waals surface area contributed by atoms with Crippen molar-refractivity contribution in [1.29, 1.82) is 5.26 Å². The summed E-state index contributed by atoms with van der Waals surface area (Å²) >= 11 is 0. The Morgan fingerprint density at radius 3 is 2.25 bits per heavy atom. The number of carbonyl (C=O) groups excluding carboxylic acids is 1. The van der Waals surface area contributed by atoms with E-state index in [0.29, 0.717) is 13.1 Å². The summed E-state index contributed by atoms with van der Waals surface area (Å²) in [4.78, 5) is 16.3. The number of likely N-dealkylation sites (tertiary alicyclic amines) is 1. The van der Waals surface area contributed by atoms with Crippen molar-refractivity contribution >= 4 is 11.6 Å². The molecule has 1 aromatic carbocycles. The zero-order chi connectivity index (χ0) is 14.8. The van der Waals surface area contributed by atoms with Crippen LogP contribution in [-0.2, 0) is 0 Å². The third-order valence-corrected chi connectivity index (χ3v) is 4.05. The largest absolute Gasteiger partial charge is 0.378 e. The maximum atomic E-state index is 12.4. The third kappa shape index (κ3) is 2.93. The highest BCUT2D eigenvalue weighted by Gasteiger charge is 2.31. The smallest absolute Gasteiger partial charge is 0.253 e. The van der Waals surface area contributed by atoms with Gasteiger partial charge in [0.25, 0.3) is 5.91 Å². The van der Waals surface area contributed by atoms with Gasteiger partial charge in [0, 0.05) is 38.4 Å². The number of nitrogens with zero attached hydrogens (tertiary/aromatic N) is 3. The van der Waals surface area contributed by atoms with Crippen molar-refractivity contribution in [2.45, 2.75) is 19.8 Å². The minimum atomic E-state index is -0.272. The number of nitriles is 1. The molecule has 1 aliphatic rings. The Labute approximate surface area is 120 Å². The van der Waals surface area contributed by atoms with Gasteiger partial charge in [-0.1, -0.05) is 0 Å². The predicted octanol–water partition coefficient (Wildman–Crippen LogP) is 2.52. The topological polar surface area (TPSA) is 47.3 Å². The van der Waals surface area contributed by atoms with Crippen LogP contribution in [0.2, 0.25) is 0 Å². The monoisotopic (exact) mass is 271 g/mol. The van der Waals surface area contributed by atoms with Crippen LogP contribution in [0.3, 0.4) is 0 Å². The van der Waals surface area contributed by atoms with E-state index in [4.69, 9.17) is 5.26 Å². The van der Waals surface area contributed by atoms with Gasteiger partial charge in [0.2, 0.25) is 0 Å². The summed E-state index contributed by atoms with van der Waals surface area (Å²) in [5, 5.41) is 9.12. The van der Waals surface area contributed by atoms with Crippen LogP contribution in [0, 0.1) is 16.7 Å². The molecule has 0 aliphatic carbocycles. The second-order valence-corrected chi connectivity index (χ2v) is 5.91. The molecule has 0 spiro atoms. The fourth-order valence-electron chi connectivity index (χ4n) is 2.40. The molecule has 0 radical (unpaired) electrons. The number of piperidine rings is 1. The molecule has 2 rings (SSSR count). The molecule has 1 saturated heterocycles. The first kappa shape index (κ1) is 14.4. The lowest BCUT2D eigenvalue weighted by Gasteiger charge is -2.35. The van der Waals surface area contributed by atoms with Crippen LogP contribution in [-0.4, -0.2) is 38.0 Å². The van der Waals surface area contributed by atoms with Crippen molar-refractivity contribution in [2.75, 3.05) is 32.1 Å². The van der Waals surface area contributed by atoms with Crippen molar-refractivity contribution < 1.29 is 4.79 Å². The van der Waals surface area contributed by atoms with E-state index in [9.17, 15) is 4.79 Å². The Morgan fingerprint density at radius 2 is 1.80 bits per heavy atom.